The third-order valence-corrected chi connectivity index (χ3v) is 2.15. The average molecular weight is 211 g/mol. The molecule has 0 aliphatic carbocycles. The highest BCUT2D eigenvalue weighted by atomic mass is 19.1. The van der Waals surface area contributed by atoms with Gasteiger partial charge in [-0.15, -0.1) is 0 Å². The maximum Gasteiger partial charge on any atom is 0.214 e. The maximum atomic E-state index is 13.2. The van der Waals surface area contributed by atoms with Crippen LogP contribution >= 0.6 is 0 Å². The number of aliphatic hydroxyl groups is 1. The Bertz CT molecular complexity index is 366. The number of halogens is 1. The molecule has 0 aliphatic heterocycles. The van der Waals surface area contributed by atoms with Crippen molar-refractivity contribution in [3.63, 3.8) is 0 Å². The fourth-order valence-electron chi connectivity index (χ4n) is 1.30. The molecule has 1 aromatic rings. The summed E-state index contributed by atoms with van der Waals surface area (Å²) in [6.45, 7) is 3.59. The van der Waals surface area contributed by atoms with Gasteiger partial charge in [0.1, 0.15) is 5.82 Å². The molecule has 0 aliphatic rings. The lowest BCUT2D eigenvalue weighted by Crippen LogP contribution is -2.16. The van der Waals surface area contributed by atoms with E-state index < -0.39 is 11.9 Å². The molecule has 0 amide bonds. The Kier molecular flexibility index (Phi) is 3.80. The minimum absolute atomic E-state index is 0.258. The number of rotatable bonds is 3. The molecule has 1 aromatic carbocycles. The van der Waals surface area contributed by atoms with Crippen LogP contribution in [0.15, 0.2) is 18.2 Å². The lowest BCUT2D eigenvalue weighted by molar-refractivity contribution is 0.189. The summed E-state index contributed by atoms with van der Waals surface area (Å²) in [5, 5.41) is 17.1. The van der Waals surface area contributed by atoms with Crippen molar-refractivity contribution in [2.24, 2.45) is 0 Å². The van der Waals surface area contributed by atoms with Gasteiger partial charge in [0.15, 0.2) is 6.10 Å². The highest BCUT2D eigenvalue weighted by Gasteiger charge is 2.18. The van der Waals surface area contributed by atoms with Crippen LogP contribution in [0.1, 0.15) is 24.2 Å². The van der Waals surface area contributed by atoms with Gasteiger partial charge >= 0.3 is 0 Å². The van der Waals surface area contributed by atoms with E-state index in [1.54, 1.807) is 19.9 Å². The first kappa shape index (κ1) is 11.7. The van der Waals surface area contributed by atoms with Gasteiger partial charge in [-0.2, -0.15) is 0 Å². The Morgan fingerprint density at radius 2 is 2.27 bits per heavy atom. The topological polar surface area (TPSA) is 53.3 Å². The molecule has 0 saturated carbocycles. The predicted octanol–water partition coefficient (Wildman–Crippen LogP) is 2.18. The zero-order valence-corrected chi connectivity index (χ0v) is 8.75. The first-order valence-electron chi connectivity index (χ1n) is 4.72. The summed E-state index contributed by atoms with van der Waals surface area (Å²) >= 11 is 0. The van der Waals surface area contributed by atoms with Gasteiger partial charge in [-0.3, -0.25) is 5.41 Å². The summed E-state index contributed by atoms with van der Waals surface area (Å²) < 4.78 is 18.0. The third kappa shape index (κ3) is 2.53. The van der Waals surface area contributed by atoms with E-state index in [0.29, 0.717) is 17.7 Å². The zero-order valence-electron chi connectivity index (χ0n) is 8.75. The van der Waals surface area contributed by atoms with Crippen LogP contribution < -0.4 is 0 Å². The average Bonchev–Trinajstić information content (AvgIpc) is 2.21. The van der Waals surface area contributed by atoms with Crippen LogP contribution in [0.2, 0.25) is 0 Å². The molecule has 1 atom stereocenters. The first-order chi connectivity index (χ1) is 7.07. The molecule has 0 bridgehead atoms. The quantitative estimate of drug-likeness (QED) is 0.594. The Morgan fingerprint density at radius 1 is 1.60 bits per heavy atom. The molecule has 4 heteroatoms. The highest BCUT2D eigenvalue weighted by Crippen LogP contribution is 2.20. The summed E-state index contributed by atoms with van der Waals surface area (Å²) in [5.74, 6) is -0.651. The lowest BCUT2D eigenvalue weighted by Gasteiger charge is -2.14. The van der Waals surface area contributed by atoms with Crippen LogP contribution in [-0.2, 0) is 4.74 Å². The summed E-state index contributed by atoms with van der Waals surface area (Å²) in [7, 11) is 0. The SMILES string of the molecule is CCOC(=N)C(O)c1cccc(F)c1C. The molecule has 0 aromatic heterocycles. The van der Waals surface area contributed by atoms with Crippen LogP contribution in [0, 0.1) is 18.2 Å². The van der Waals surface area contributed by atoms with Crippen molar-refractivity contribution in [3.05, 3.63) is 35.1 Å². The van der Waals surface area contributed by atoms with Gasteiger partial charge in [-0.25, -0.2) is 4.39 Å². The monoisotopic (exact) mass is 211 g/mol. The Labute approximate surface area is 88.0 Å². The van der Waals surface area contributed by atoms with Crippen LogP contribution in [0.4, 0.5) is 4.39 Å². The molecule has 0 saturated heterocycles. The maximum absolute atomic E-state index is 13.2. The molecule has 2 N–H and O–H groups in total. The van der Waals surface area contributed by atoms with Crippen LogP contribution in [0.5, 0.6) is 0 Å². The Hall–Kier alpha value is -1.42. The summed E-state index contributed by atoms with van der Waals surface area (Å²) in [4.78, 5) is 0. The smallest absolute Gasteiger partial charge is 0.214 e. The van der Waals surface area contributed by atoms with E-state index in [9.17, 15) is 9.50 Å². The molecule has 0 fully saturated rings. The van der Waals surface area contributed by atoms with Gasteiger partial charge in [0.05, 0.1) is 6.61 Å². The van der Waals surface area contributed by atoms with Crippen molar-refractivity contribution in [1.82, 2.24) is 0 Å². The lowest BCUT2D eigenvalue weighted by atomic mass is 10.0. The van der Waals surface area contributed by atoms with E-state index in [1.807, 2.05) is 0 Å². The molecular formula is C11H14FNO2. The molecule has 0 heterocycles. The highest BCUT2D eigenvalue weighted by molar-refractivity contribution is 5.79. The largest absolute Gasteiger partial charge is 0.479 e. The molecule has 0 radical (unpaired) electrons. The number of benzene rings is 1. The Balaban J connectivity index is 2.96. The number of hydrogen-bond donors (Lipinski definition) is 2. The van der Waals surface area contributed by atoms with Gasteiger partial charge in [0.25, 0.3) is 0 Å². The van der Waals surface area contributed by atoms with E-state index in [4.69, 9.17) is 10.1 Å². The van der Waals surface area contributed by atoms with E-state index in [2.05, 4.69) is 0 Å². The van der Waals surface area contributed by atoms with Gasteiger partial charge in [-0.05, 0) is 31.0 Å². The summed E-state index contributed by atoms with van der Waals surface area (Å²) in [6.07, 6.45) is -1.19. The van der Waals surface area contributed by atoms with Crippen LogP contribution in [0.3, 0.4) is 0 Å². The second-order valence-electron chi connectivity index (χ2n) is 3.15. The number of hydrogen-bond acceptors (Lipinski definition) is 3. The van der Waals surface area contributed by atoms with Gasteiger partial charge in [0, 0.05) is 0 Å². The summed E-state index contributed by atoms with van der Waals surface area (Å²) in [6, 6.07) is 4.40. The fourth-order valence-corrected chi connectivity index (χ4v) is 1.30. The standard InChI is InChI=1S/C11H14FNO2/c1-3-15-11(13)10(14)8-5-4-6-9(12)7(8)2/h4-6,10,13-14H,3H2,1-2H3. The van der Waals surface area contributed by atoms with E-state index in [1.165, 1.54) is 12.1 Å². The molecule has 1 unspecified atom stereocenters. The van der Waals surface area contributed by atoms with Gasteiger partial charge < -0.3 is 9.84 Å². The Morgan fingerprint density at radius 3 is 2.87 bits per heavy atom. The van der Waals surface area contributed by atoms with Gasteiger partial charge in [-0.1, -0.05) is 12.1 Å². The van der Waals surface area contributed by atoms with Crippen molar-refractivity contribution in [2.75, 3.05) is 6.61 Å². The molecule has 82 valence electrons. The third-order valence-electron chi connectivity index (χ3n) is 2.15. The first-order valence-corrected chi connectivity index (χ1v) is 4.72. The van der Waals surface area contributed by atoms with E-state index in [0.717, 1.165) is 0 Å². The zero-order chi connectivity index (χ0) is 11.4. The molecular weight excluding hydrogens is 197 g/mol. The second kappa shape index (κ2) is 4.89. The normalized spacial score (nSPS) is 12.3. The van der Waals surface area contributed by atoms with Crippen molar-refractivity contribution in [2.45, 2.75) is 20.0 Å². The van der Waals surface area contributed by atoms with Crippen molar-refractivity contribution < 1.29 is 14.2 Å². The second-order valence-corrected chi connectivity index (χ2v) is 3.15. The van der Waals surface area contributed by atoms with Crippen molar-refractivity contribution >= 4 is 5.90 Å². The van der Waals surface area contributed by atoms with E-state index >= 15 is 0 Å². The number of aliphatic hydroxyl groups excluding tert-OH is 1. The van der Waals surface area contributed by atoms with Crippen LogP contribution in [-0.4, -0.2) is 17.6 Å². The fraction of sp³-hybridized carbons (Fsp3) is 0.364. The van der Waals surface area contributed by atoms with E-state index in [-0.39, 0.29) is 5.90 Å². The molecule has 0 spiro atoms. The molecule has 15 heavy (non-hydrogen) atoms. The minimum atomic E-state index is -1.19. The molecule has 3 nitrogen and oxygen atoms in total. The minimum Gasteiger partial charge on any atom is -0.479 e. The molecule has 1 rings (SSSR count). The predicted molar refractivity (Wildman–Crippen MR) is 55.4 cm³/mol. The van der Waals surface area contributed by atoms with Crippen molar-refractivity contribution in [1.29, 1.82) is 5.41 Å². The summed E-state index contributed by atoms with van der Waals surface area (Å²) in [5.41, 5.74) is 0.711. The van der Waals surface area contributed by atoms with Gasteiger partial charge in [0.2, 0.25) is 5.90 Å². The van der Waals surface area contributed by atoms with Crippen molar-refractivity contribution in [3.8, 4) is 0 Å². The van der Waals surface area contributed by atoms with Crippen LogP contribution in [0.25, 0.3) is 0 Å². The number of ether oxygens (including phenoxy) is 1. The number of nitrogens with one attached hydrogen (secondary N) is 1.